The first-order valence-electron chi connectivity index (χ1n) is 7.19. The topological polar surface area (TPSA) is 59.6 Å². The van der Waals surface area contributed by atoms with Crippen molar-refractivity contribution in [3.05, 3.63) is 0 Å². The molecule has 0 atom stereocenters. The summed E-state index contributed by atoms with van der Waals surface area (Å²) in [5.41, 5.74) is 6.32. The summed E-state index contributed by atoms with van der Waals surface area (Å²) < 4.78 is 5.26. The second kappa shape index (κ2) is 9.80. The lowest BCUT2D eigenvalue weighted by Gasteiger charge is -2.15. The average molecular weight is 383 g/mol. The van der Waals surface area contributed by atoms with Crippen LogP contribution in [0.4, 0.5) is 0 Å². The third-order valence-corrected chi connectivity index (χ3v) is 3.36. The summed E-state index contributed by atoms with van der Waals surface area (Å²) in [5.74, 6) is 1.34. The van der Waals surface area contributed by atoms with Gasteiger partial charge in [-0.25, -0.2) is 0 Å². The van der Waals surface area contributed by atoms with Crippen molar-refractivity contribution in [3.63, 3.8) is 0 Å². The fraction of sp³-hybridized carbons (Fsp3) is 0.929. The molecule has 0 radical (unpaired) electrons. The molecule has 4 nitrogen and oxygen atoms in total. The molecule has 0 spiro atoms. The van der Waals surface area contributed by atoms with Gasteiger partial charge in [0.1, 0.15) is 0 Å². The van der Waals surface area contributed by atoms with Crippen LogP contribution in [0.2, 0.25) is 0 Å². The van der Waals surface area contributed by atoms with Crippen molar-refractivity contribution in [2.45, 2.75) is 46.5 Å². The first-order valence-corrected chi connectivity index (χ1v) is 7.19. The van der Waals surface area contributed by atoms with Crippen LogP contribution in [0.15, 0.2) is 4.99 Å². The van der Waals surface area contributed by atoms with Gasteiger partial charge >= 0.3 is 0 Å². The molecule has 0 bridgehead atoms. The van der Waals surface area contributed by atoms with Gasteiger partial charge in [0.25, 0.3) is 0 Å². The maximum Gasteiger partial charge on any atom is 0.188 e. The van der Waals surface area contributed by atoms with E-state index in [0.717, 1.165) is 38.6 Å². The number of aliphatic imine (C=N–C) groups is 1. The van der Waals surface area contributed by atoms with Gasteiger partial charge in [-0.3, -0.25) is 4.99 Å². The number of halogens is 1. The number of ether oxygens (including phenoxy) is 1. The molecule has 0 aliphatic heterocycles. The van der Waals surface area contributed by atoms with Gasteiger partial charge in [-0.2, -0.15) is 0 Å². The standard InChI is InChI=1S/C14H29N3O.HI/c1-4-18-9-5-8-16-13(15)17-11-14(6-7-14)10-12(2)3;/h12H,4-11H2,1-3H3,(H3,15,16,17);1H. The summed E-state index contributed by atoms with van der Waals surface area (Å²) in [6, 6.07) is 0. The fourth-order valence-corrected chi connectivity index (χ4v) is 2.31. The van der Waals surface area contributed by atoms with Crippen LogP contribution in [0.3, 0.4) is 0 Å². The summed E-state index contributed by atoms with van der Waals surface area (Å²) in [4.78, 5) is 4.47. The van der Waals surface area contributed by atoms with Crippen molar-refractivity contribution in [2.24, 2.45) is 22.1 Å². The molecule has 0 aromatic rings. The van der Waals surface area contributed by atoms with Crippen LogP contribution in [0.5, 0.6) is 0 Å². The minimum atomic E-state index is 0. The minimum absolute atomic E-state index is 0. The zero-order valence-corrected chi connectivity index (χ0v) is 14.9. The van der Waals surface area contributed by atoms with E-state index in [1.54, 1.807) is 0 Å². The molecule has 19 heavy (non-hydrogen) atoms. The van der Waals surface area contributed by atoms with Gasteiger partial charge < -0.3 is 15.8 Å². The molecule has 0 heterocycles. The Morgan fingerprint density at radius 1 is 1.42 bits per heavy atom. The minimum Gasteiger partial charge on any atom is -0.382 e. The maximum absolute atomic E-state index is 5.85. The van der Waals surface area contributed by atoms with E-state index in [9.17, 15) is 0 Å². The van der Waals surface area contributed by atoms with Crippen molar-refractivity contribution in [2.75, 3.05) is 26.3 Å². The predicted octanol–water partition coefficient (Wildman–Crippen LogP) is 2.76. The fourth-order valence-electron chi connectivity index (χ4n) is 2.31. The molecule has 5 heteroatoms. The van der Waals surface area contributed by atoms with Crippen LogP contribution < -0.4 is 11.1 Å². The average Bonchev–Trinajstić information content (AvgIpc) is 3.06. The zero-order valence-electron chi connectivity index (χ0n) is 12.6. The van der Waals surface area contributed by atoms with Crippen LogP contribution in [-0.4, -0.2) is 32.3 Å². The first kappa shape index (κ1) is 19.0. The largest absolute Gasteiger partial charge is 0.382 e. The quantitative estimate of drug-likeness (QED) is 0.279. The van der Waals surface area contributed by atoms with Gasteiger partial charge in [0.15, 0.2) is 5.96 Å². The highest BCUT2D eigenvalue weighted by atomic mass is 127. The Morgan fingerprint density at radius 2 is 2.11 bits per heavy atom. The third-order valence-electron chi connectivity index (χ3n) is 3.36. The summed E-state index contributed by atoms with van der Waals surface area (Å²) in [6.45, 7) is 9.85. The van der Waals surface area contributed by atoms with E-state index in [4.69, 9.17) is 10.5 Å². The van der Waals surface area contributed by atoms with E-state index in [2.05, 4.69) is 24.2 Å². The maximum atomic E-state index is 5.85. The van der Waals surface area contributed by atoms with E-state index < -0.39 is 0 Å². The predicted molar refractivity (Wildman–Crippen MR) is 92.1 cm³/mol. The molecule has 0 aromatic carbocycles. The van der Waals surface area contributed by atoms with Gasteiger partial charge in [0.2, 0.25) is 0 Å². The Labute approximate surface area is 135 Å². The monoisotopic (exact) mass is 383 g/mol. The van der Waals surface area contributed by atoms with E-state index in [-0.39, 0.29) is 24.0 Å². The summed E-state index contributed by atoms with van der Waals surface area (Å²) in [6.07, 6.45) is 4.87. The van der Waals surface area contributed by atoms with Gasteiger partial charge in [0, 0.05) is 26.3 Å². The van der Waals surface area contributed by atoms with Crippen LogP contribution in [0.1, 0.15) is 46.5 Å². The SMILES string of the molecule is CCOCCCNC(N)=NCC1(CC(C)C)CC1.I. The van der Waals surface area contributed by atoms with Crippen molar-refractivity contribution >= 4 is 29.9 Å². The van der Waals surface area contributed by atoms with Gasteiger partial charge in [-0.15, -0.1) is 24.0 Å². The highest BCUT2D eigenvalue weighted by Crippen LogP contribution is 2.50. The van der Waals surface area contributed by atoms with Gasteiger partial charge in [0.05, 0.1) is 0 Å². The Hall–Kier alpha value is -0.0400. The molecule has 3 N–H and O–H groups in total. The lowest BCUT2D eigenvalue weighted by atomic mass is 9.94. The number of hydrogen-bond acceptors (Lipinski definition) is 2. The molecule has 114 valence electrons. The highest BCUT2D eigenvalue weighted by molar-refractivity contribution is 14.0. The van der Waals surface area contributed by atoms with E-state index in [1.807, 2.05) is 6.92 Å². The van der Waals surface area contributed by atoms with Crippen molar-refractivity contribution < 1.29 is 4.74 Å². The smallest absolute Gasteiger partial charge is 0.188 e. The number of hydrogen-bond donors (Lipinski definition) is 2. The van der Waals surface area contributed by atoms with E-state index >= 15 is 0 Å². The van der Waals surface area contributed by atoms with Gasteiger partial charge in [-0.1, -0.05) is 13.8 Å². The summed E-state index contributed by atoms with van der Waals surface area (Å²) in [7, 11) is 0. The molecular formula is C14H30IN3O. The summed E-state index contributed by atoms with van der Waals surface area (Å²) in [5, 5.41) is 3.14. The Morgan fingerprint density at radius 3 is 2.63 bits per heavy atom. The van der Waals surface area contributed by atoms with Crippen LogP contribution in [0.25, 0.3) is 0 Å². The molecule has 0 unspecified atom stereocenters. The molecule has 1 aliphatic carbocycles. The molecule has 0 amide bonds. The number of rotatable bonds is 9. The second-order valence-corrected chi connectivity index (χ2v) is 5.78. The number of nitrogens with two attached hydrogens (primary N) is 1. The molecular weight excluding hydrogens is 353 g/mol. The molecule has 1 fully saturated rings. The second-order valence-electron chi connectivity index (χ2n) is 5.78. The number of nitrogens with zero attached hydrogens (tertiary/aromatic N) is 1. The lowest BCUT2D eigenvalue weighted by molar-refractivity contribution is 0.145. The molecule has 0 aromatic heterocycles. The van der Waals surface area contributed by atoms with Crippen LogP contribution in [0, 0.1) is 11.3 Å². The molecule has 1 aliphatic rings. The number of nitrogens with one attached hydrogen (secondary N) is 1. The Balaban J connectivity index is 0.00000324. The van der Waals surface area contributed by atoms with Gasteiger partial charge in [-0.05, 0) is 43.9 Å². The van der Waals surface area contributed by atoms with Crippen molar-refractivity contribution in [3.8, 4) is 0 Å². The first-order chi connectivity index (χ1) is 8.58. The van der Waals surface area contributed by atoms with E-state index in [0.29, 0.717) is 11.4 Å². The normalized spacial score (nSPS) is 17.2. The number of guanidine groups is 1. The van der Waals surface area contributed by atoms with Crippen molar-refractivity contribution in [1.29, 1.82) is 0 Å². The Bertz CT molecular complexity index is 265. The molecule has 1 rings (SSSR count). The zero-order chi connectivity index (χ0) is 13.4. The highest BCUT2D eigenvalue weighted by Gasteiger charge is 2.42. The van der Waals surface area contributed by atoms with E-state index in [1.165, 1.54) is 19.3 Å². The molecule has 1 saturated carbocycles. The lowest BCUT2D eigenvalue weighted by Crippen LogP contribution is -2.33. The third kappa shape index (κ3) is 8.68. The van der Waals surface area contributed by atoms with Crippen LogP contribution in [-0.2, 0) is 4.74 Å². The molecule has 0 saturated heterocycles. The Kier molecular flexibility index (Phi) is 9.78. The van der Waals surface area contributed by atoms with Crippen molar-refractivity contribution in [1.82, 2.24) is 5.32 Å². The summed E-state index contributed by atoms with van der Waals surface area (Å²) >= 11 is 0. The van der Waals surface area contributed by atoms with Crippen LogP contribution >= 0.6 is 24.0 Å².